The highest BCUT2D eigenvalue weighted by Crippen LogP contribution is 2.23. The zero-order valence-electron chi connectivity index (χ0n) is 11.7. The lowest BCUT2D eigenvalue weighted by Gasteiger charge is -2.11. The molecule has 0 aliphatic carbocycles. The van der Waals surface area contributed by atoms with Crippen LogP contribution in [0.4, 0.5) is 0 Å². The third-order valence-electron chi connectivity index (χ3n) is 3.67. The fourth-order valence-corrected chi connectivity index (χ4v) is 2.56. The Morgan fingerprint density at radius 1 is 1.05 bits per heavy atom. The number of nitrogens with zero attached hydrogens (tertiary/aromatic N) is 1. The van der Waals surface area contributed by atoms with Crippen LogP contribution in [0.3, 0.4) is 0 Å². The van der Waals surface area contributed by atoms with Gasteiger partial charge in [0.15, 0.2) is 0 Å². The summed E-state index contributed by atoms with van der Waals surface area (Å²) < 4.78 is 0. The molecule has 0 fully saturated rings. The summed E-state index contributed by atoms with van der Waals surface area (Å²) in [5.41, 5.74) is 3.36. The predicted octanol–water partition coefficient (Wildman–Crippen LogP) is 3.56. The molecular weight excluding hydrogens is 258 g/mol. The van der Waals surface area contributed by atoms with Crippen molar-refractivity contribution in [3.8, 4) is 6.07 Å². The molecule has 21 heavy (non-hydrogen) atoms. The van der Waals surface area contributed by atoms with Crippen LogP contribution in [-0.4, -0.2) is 11.5 Å². The van der Waals surface area contributed by atoms with Crippen molar-refractivity contribution in [2.24, 2.45) is 0 Å². The Labute approximate surface area is 124 Å². The van der Waals surface area contributed by atoms with E-state index in [9.17, 15) is 5.26 Å². The number of benzene rings is 2. The van der Waals surface area contributed by atoms with Gasteiger partial charge in [-0.25, -0.2) is 0 Å². The van der Waals surface area contributed by atoms with Crippen molar-refractivity contribution in [1.82, 2.24) is 10.3 Å². The summed E-state index contributed by atoms with van der Waals surface area (Å²) in [5.74, 6) is 0. The molecule has 1 atom stereocenters. The fraction of sp³-hybridized carbons (Fsp3) is 0.167. The van der Waals surface area contributed by atoms with Crippen LogP contribution in [0.5, 0.6) is 0 Å². The topological polar surface area (TPSA) is 51.6 Å². The van der Waals surface area contributed by atoms with Crippen LogP contribution in [0.2, 0.25) is 0 Å². The normalized spacial score (nSPS) is 12.1. The van der Waals surface area contributed by atoms with Crippen molar-refractivity contribution in [2.75, 3.05) is 6.54 Å². The van der Waals surface area contributed by atoms with E-state index in [4.69, 9.17) is 0 Å². The van der Waals surface area contributed by atoms with E-state index in [1.807, 2.05) is 48.7 Å². The van der Waals surface area contributed by atoms with E-state index in [-0.39, 0.29) is 6.04 Å². The van der Waals surface area contributed by atoms with E-state index in [0.717, 1.165) is 29.4 Å². The number of aromatic amines is 1. The molecule has 0 aliphatic heterocycles. The van der Waals surface area contributed by atoms with Gasteiger partial charge < -0.3 is 4.98 Å². The molecule has 1 heterocycles. The summed E-state index contributed by atoms with van der Waals surface area (Å²) >= 11 is 0. The molecule has 2 N–H and O–H groups in total. The molecule has 0 radical (unpaired) electrons. The minimum Gasteiger partial charge on any atom is -0.361 e. The van der Waals surface area contributed by atoms with Crippen LogP contribution in [0.25, 0.3) is 10.9 Å². The average Bonchev–Trinajstić information content (AvgIpc) is 2.97. The van der Waals surface area contributed by atoms with Gasteiger partial charge in [-0.05, 0) is 18.1 Å². The maximum atomic E-state index is 9.43. The molecule has 0 bridgehead atoms. The van der Waals surface area contributed by atoms with Crippen molar-refractivity contribution in [3.63, 3.8) is 0 Å². The third-order valence-corrected chi connectivity index (χ3v) is 3.67. The lowest BCUT2D eigenvalue weighted by molar-refractivity contribution is 0.632. The van der Waals surface area contributed by atoms with Crippen LogP contribution >= 0.6 is 0 Å². The second-order valence-electron chi connectivity index (χ2n) is 5.04. The SMILES string of the molecule is N#CC(NCCc1ccccc1)c1c[nH]c2ccccc12. The summed E-state index contributed by atoms with van der Waals surface area (Å²) in [5, 5.41) is 13.9. The number of rotatable bonds is 5. The standard InChI is InChI=1S/C18H17N3/c19-12-18(20-11-10-14-6-2-1-3-7-14)16-13-21-17-9-5-4-8-15(16)17/h1-9,13,18,20-21H,10-11H2. The number of hydrogen-bond acceptors (Lipinski definition) is 2. The van der Waals surface area contributed by atoms with Crippen molar-refractivity contribution >= 4 is 10.9 Å². The van der Waals surface area contributed by atoms with Gasteiger partial charge >= 0.3 is 0 Å². The molecule has 104 valence electrons. The first-order chi connectivity index (χ1) is 10.4. The number of fused-ring (bicyclic) bond motifs is 1. The minimum absolute atomic E-state index is 0.287. The molecule has 1 unspecified atom stereocenters. The fourth-order valence-electron chi connectivity index (χ4n) is 2.56. The molecule has 1 aromatic heterocycles. The molecule has 3 aromatic rings. The molecule has 2 aromatic carbocycles. The Balaban J connectivity index is 1.70. The first-order valence-electron chi connectivity index (χ1n) is 7.11. The van der Waals surface area contributed by atoms with Gasteiger partial charge in [0.05, 0.1) is 6.07 Å². The Morgan fingerprint density at radius 2 is 1.81 bits per heavy atom. The highest BCUT2D eigenvalue weighted by atomic mass is 14.9. The molecule has 0 spiro atoms. The van der Waals surface area contributed by atoms with Gasteiger partial charge in [-0.1, -0.05) is 48.5 Å². The molecule has 0 saturated carbocycles. The molecule has 0 amide bonds. The Hall–Kier alpha value is -2.57. The van der Waals surface area contributed by atoms with Crippen molar-refractivity contribution in [1.29, 1.82) is 5.26 Å². The summed E-state index contributed by atoms with van der Waals surface area (Å²) in [6.45, 7) is 0.780. The summed E-state index contributed by atoms with van der Waals surface area (Å²) in [6.07, 6.45) is 2.84. The van der Waals surface area contributed by atoms with Crippen LogP contribution < -0.4 is 5.32 Å². The molecule has 3 rings (SSSR count). The Bertz CT molecular complexity index is 753. The van der Waals surface area contributed by atoms with Gasteiger partial charge in [0.1, 0.15) is 6.04 Å². The van der Waals surface area contributed by atoms with Crippen molar-refractivity contribution in [2.45, 2.75) is 12.5 Å². The first-order valence-corrected chi connectivity index (χ1v) is 7.11. The smallest absolute Gasteiger partial charge is 0.123 e. The number of para-hydroxylation sites is 1. The summed E-state index contributed by atoms with van der Waals surface area (Å²) in [7, 11) is 0. The zero-order valence-corrected chi connectivity index (χ0v) is 11.7. The van der Waals surface area contributed by atoms with E-state index < -0.39 is 0 Å². The highest BCUT2D eigenvalue weighted by Gasteiger charge is 2.14. The number of nitriles is 1. The maximum Gasteiger partial charge on any atom is 0.123 e. The second-order valence-corrected chi connectivity index (χ2v) is 5.04. The van der Waals surface area contributed by atoms with E-state index in [2.05, 4.69) is 28.5 Å². The second kappa shape index (κ2) is 6.25. The van der Waals surface area contributed by atoms with E-state index in [1.165, 1.54) is 5.56 Å². The first kappa shape index (κ1) is 13.4. The predicted molar refractivity (Wildman–Crippen MR) is 84.8 cm³/mol. The number of aromatic nitrogens is 1. The molecule has 3 heteroatoms. The van der Waals surface area contributed by atoms with Crippen LogP contribution in [0.15, 0.2) is 60.8 Å². The minimum atomic E-state index is -0.287. The van der Waals surface area contributed by atoms with Crippen LogP contribution in [0, 0.1) is 11.3 Å². The zero-order chi connectivity index (χ0) is 14.5. The molecule has 0 saturated heterocycles. The summed E-state index contributed by atoms with van der Waals surface area (Å²) in [4.78, 5) is 3.22. The molecule has 3 nitrogen and oxygen atoms in total. The van der Waals surface area contributed by atoms with E-state index in [0.29, 0.717) is 0 Å². The quantitative estimate of drug-likeness (QED) is 0.748. The summed E-state index contributed by atoms with van der Waals surface area (Å²) in [6, 6.07) is 20.4. The van der Waals surface area contributed by atoms with Gasteiger partial charge in [0.2, 0.25) is 0 Å². The Kier molecular flexibility index (Phi) is 3.99. The number of hydrogen-bond donors (Lipinski definition) is 2. The van der Waals surface area contributed by atoms with Crippen molar-refractivity contribution < 1.29 is 0 Å². The maximum absolute atomic E-state index is 9.43. The van der Waals surface area contributed by atoms with Crippen molar-refractivity contribution in [3.05, 3.63) is 71.9 Å². The lowest BCUT2D eigenvalue weighted by atomic mass is 10.1. The Morgan fingerprint density at radius 3 is 2.62 bits per heavy atom. The van der Waals surface area contributed by atoms with E-state index >= 15 is 0 Å². The van der Waals surface area contributed by atoms with E-state index in [1.54, 1.807) is 0 Å². The van der Waals surface area contributed by atoms with Crippen LogP contribution in [-0.2, 0) is 6.42 Å². The molecular formula is C18H17N3. The highest BCUT2D eigenvalue weighted by molar-refractivity contribution is 5.83. The van der Waals surface area contributed by atoms with Gasteiger partial charge in [-0.3, -0.25) is 5.32 Å². The third kappa shape index (κ3) is 2.96. The van der Waals surface area contributed by atoms with Gasteiger partial charge in [-0.2, -0.15) is 5.26 Å². The van der Waals surface area contributed by atoms with Gasteiger partial charge in [0, 0.05) is 29.2 Å². The van der Waals surface area contributed by atoms with Gasteiger partial charge in [-0.15, -0.1) is 0 Å². The largest absolute Gasteiger partial charge is 0.361 e. The lowest BCUT2D eigenvalue weighted by Crippen LogP contribution is -2.22. The molecule has 0 aliphatic rings. The monoisotopic (exact) mass is 275 g/mol. The number of nitrogens with one attached hydrogen (secondary N) is 2. The average molecular weight is 275 g/mol. The van der Waals surface area contributed by atoms with Gasteiger partial charge in [0.25, 0.3) is 0 Å². The van der Waals surface area contributed by atoms with Crippen LogP contribution in [0.1, 0.15) is 17.2 Å². The number of H-pyrrole nitrogens is 1.